The molecule has 0 amide bonds. The standard InChI is InChI=1S/C12H15NO/c1-2-14-13-12-9-5-7-10-6-3-4-8-11(10)12/h3-4,6,8H,2,5,7,9H2,1H3. The largest absolute Gasteiger partial charge is 0.396 e. The molecule has 0 saturated heterocycles. The summed E-state index contributed by atoms with van der Waals surface area (Å²) in [7, 11) is 0. The molecule has 1 aliphatic rings. The molecule has 0 aromatic heterocycles. The molecule has 0 fully saturated rings. The number of rotatable bonds is 2. The number of benzene rings is 1. The third-order valence-corrected chi connectivity index (χ3v) is 2.49. The van der Waals surface area contributed by atoms with Gasteiger partial charge in [-0.15, -0.1) is 0 Å². The maximum absolute atomic E-state index is 5.12. The zero-order chi connectivity index (χ0) is 9.80. The summed E-state index contributed by atoms with van der Waals surface area (Å²) in [4.78, 5) is 5.12. The summed E-state index contributed by atoms with van der Waals surface area (Å²) < 4.78 is 0. The molecule has 1 aromatic rings. The van der Waals surface area contributed by atoms with Crippen molar-refractivity contribution in [3.8, 4) is 0 Å². The molecular formula is C12H15NO. The van der Waals surface area contributed by atoms with Crippen LogP contribution < -0.4 is 0 Å². The van der Waals surface area contributed by atoms with E-state index in [0.29, 0.717) is 6.61 Å². The zero-order valence-corrected chi connectivity index (χ0v) is 8.49. The van der Waals surface area contributed by atoms with Crippen molar-refractivity contribution in [1.82, 2.24) is 0 Å². The van der Waals surface area contributed by atoms with Gasteiger partial charge in [0.05, 0.1) is 5.71 Å². The monoisotopic (exact) mass is 189 g/mol. The quantitative estimate of drug-likeness (QED) is 0.655. The van der Waals surface area contributed by atoms with E-state index in [1.54, 1.807) is 0 Å². The Morgan fingerprint density at radius 2 is 2.14 bits per heavy atom. The predicted octanol–water partition coefficient (Wildman–Crippen LogP) is 2.76. The first kappa shape index (κ1) is 9.25. The Morgan fingerprint density at radius 1 is 1.29 bits per heavy atom. The van der Waals surface area contributed by atoms with E-state index in [2.05, 4.69) is 29.4 Å². The van der Waals surface area contributed by atoms with Crippen LogP contribution in [0.5, 0.6) is 0 Å². The first-order chi connectivity index (χ1) is 6.92. The van der Waals surface area contributed by atoms with E-state index in [4.69, 9.17) is 4.84 Å². The minimum absolute atomic E-state index is 0.645. The number of hydrogen-bond donors (Lipinski definition) is 0. The van der Waals surface area contributed by atoms with Gasteiger partial charge in [-0.1, -0.05) is 29.4 Å². The molecule has 0 aliphatic heterocycles. The summed E-state index contributed by atoms with van der Waals surface area (Å²) in [6.45, 7) is 2.60. The number of oxime groups is 1. The molecule has 0 spiro atoms. The van der Waals surface area contributed by atoms with Crippen molar-refractivity contribution in [2.45, 2.75) is 26.2 Å². The van der Waals surface area contributed by atoms with E-state index in [-0.39, 0.29) is 0 Å². The molecule has 0 radical (unpaired) electrons. The van der Waals surface area contributed by atoms with E-state index in [0.717, 1.165) is 12.1 Å². The maximum atomic E-state index is 5.12. The molecule has 2 rings (SSSR count). The third kappa shape index (κ3) is 1.79. The van der Waals surface area contributed by atoms with Crippen LogP contribution in [-0.2, 0) is 11.3 Å². The number of hydrogen-bond acceptors (Lipinski definition) is 2. The first-order valence-corrected chi connectivity index (χ1v) is 5.19. The highest BCUT2D eigenvalue weighted by molar-refractivity contribution is 6.02. The molecule has 0 unspecified atom stereocenters. The maximum Gasteiger partial charge on any atom is 0.114 e. The topological polar surface area (TPSA) is 21.6 Å². The normalized spacial score (nSPS) is 17.9. The lowest BCUT2D eigenvalue weighted by molar-refractivity contribution is 0.158. The summed E-state index contributed by atoms with van der Waals surface area (Å²) in [6, 6.07) is 8.45. The fourth-order valence-corrected chi connectivity index (χ4v) is 1.84. The third-order valence-electron chi connectivity index (χ3n) is 2.49. The zero-order valence-electron chi connectivity index (χ0n) is 8.49. The van der Waals surface area contributed by atoms with Gasteiger partial charge < -0.3 is 4.84 Å². The molecule has 1 aromatic carbocycles. The lowest BCUT2D eigenvalue weighted by atomic mass is 9.90. The Hall–Kier alpha value is -1.31. The highest BCUT2D eigenvalue weighted by Crippen LogP contribution is 2.21. The summed E-state index contributed by atoms with van der Waals surface area (Å²) >= 11 is 0. The Morgan fingerprint density at radius 3 is 3.00 bits per heavy atom. The molecule has 2 heteroatoms. The van der Waals surface area contributed by atoms with Gasteiger partial charge in [-0.3, -0.25) is 0 Å². The Bertz CT molecular complexity index is 344. The lowest BCUT2D eigenvalue weighted by Gasteiger charge is -2.16. The van der Waals surface area contributed by atoms with Crippen LogP contribution in [0, 0.1) is 0 Å². The van der Waals surface area contributed by atoms with Crippen molar-refractivity contribution in [2.24, 2.45) is 5.16 Å². The van der Waals surface area contributed by atoms with E-state index < -0.39 is 0 Å². The van der Waals surface area contributed by atoms with Crippen LogP contribution >= 0.6 is 0 Å². The molecule has 1 aliphatic carbocycles. The average molecular weight is 189 g/mol. The van der Waals surface area contributed by atoms with E-state index >= 15 is 0 Å². The minimum Gasteiger partial charge on any atom is -0.396 e. The van der Waals surface area contributed by atoms with E-state index in [1.165, 1.54) is 24.0 Å². The Kier molecular flexibility index (Phi) is 2.82. The van der Waals surface area contributed by atoms with Crippen molar-refractivity contribution in [3.63, 3.8) is 0 Å². The van der Waals surface area contributed by atoms with Crippen LogP contribution in [-0.4, -0.2) is 12.3 Å². The first-order valence-electron chi connectivity index (χ1n) is 5.19. The smallest absolute Gasteiger partial charge is 0.114 e. The Labute approximate surface area is 84.6 Å². The van der Waals surface area contributed by atoms with Gasteiger partial charge >= 0.3 is 0 Å². The van der Waals surface area contributed by atoms with Gasteiger partial charge in [-0.05, 0) is 31.7 Å². The molecule has 0 N–H and O–H groups in total. The molecule has 74 valence electrons. The summed E-state index contributed by atoms with van der Waals surface area (Å²) in [5.41, 5.74) is 3.78. The highest BCUT2D eigenvalue weighted by atomic mass is 16.6. The summed E-state index contributed by atoms with van der Waals surface area (Å²) in [5, 5.41) is 4.16. The van der Waals surface area contributed by atoms with Crippen LogP contribution in [0.3, 0.4) is 0 Å². The van der Waals surface area contributed by atoms with Crippen LogP contribution in [0.2, 0.25) is 0 Å². The SMILES string of the molecule is CCON=C1CCCc2ccccc21. The van der Waals surface area contributed by atoms with Crippen LogP contribution in [0.15, 0.2) is 29.4 Å². The van der Waals surface area contributed by atoms with Crippen molar-refractivity contribution in [2.75, 3.05) is 6.61 Å². The van der Waals surface area contributed by atoms with Gasteiger partial charge in [0.2, 0.25) is 0 Å². The van der Waals surface area contributed by atoms with Gasteiger partial charge in [0.15, 0.2) is 0 Å². The lowest BCUT2D eigenvalue weighted by Crippen LogP contribution is -2.12. The van der Waals surface area contributed by atoms with Gasteiger partial charge in [0, 0.05) is 5.56 Å². The molecule has 14 heavy (non-hydrogen) atoms. The molecule has 0 atom stereocenters. The number of fused-ring (bicyclic) bond motifs is 1. The highest BCUT2D eigenvalue weighted by Gasteiger charge is 2.14. The molecule has 0 bridgehead atoms. The van der Waals surface area contributed by atoms with E-state index in [9.17, 15) is 0 Å². The predicted molar refractivity (Wildman–Crippen MR) is 57.5 cm³/mol. The van der Waals surface area contributed by atoms with Gasteiger partial charge in [-0.25, -0.2) is 0 Å². The fourth-order valence-electron chi connectivity index (χ4n) is 1.84. The van der Waals surface area contributed by atoms with Crippen LogP contribution in [0.1, 0.15) is 30.9 Å². The van der Waals surface area contributed by atoms with Crippen molar-refractivity contribution in [3.05, 3.63) is 35.4 Å². The molecule has 2 nitrogen and oxygen atoms in total. The second-order valence-electron chi connectivity index (χ2n) is 3.47. The number of nitrogens with zero attached hydrogens (tertiary/aromatic N) is 1. The second-order valence-corrected chi connectivity index (χ2v) is 3.47. The van der Waals surface area contributed by atoms with Gasteiger partial charge in [0.25, 0.3) is 0 Å². The van der Waals surface area contributed by atoms with Crippen LogP contribution in [0.25, 0.3) is 0 Å². The molecule has 0 saturated carbocycles. The van der Waals surface area contributed by atoms with Crippen molar-refractivity contribution < 1.29 is 4.84 Å². The van der Waals surface area contributed by atoms with Crippen molar-refractivity contribution >= 4 is 5.71 Å². The average Bonchev–Trinajstić information content (AvgIpc) is 2.26. The van der Waals surface area contributed by atoms with Crippen molar-refractivity contribution in [1.29, 1.82) is 0 Å². The van der Waals surface area contributed by atoms with Gasteiger partial charge in [-0.2, -0.15) is 0 Å². The fraction of sp³-hybridized carbons (Fsp3) is 0.417. The summed E-state index contributed by atoms with van der Waals surface area (Å²) in [6.07, 6.45) is 3.39. The Balaban J connectivity index is 2.31. The van der Waals surface area contributed by atoms with E-state index in [1.807, 2.05) is 6.92 Å². The minimum atomic E-state index is 0.645. The molecular weight excluding hydrogens is 174 g/mol. The molecule has 0 heterocycles. The van der Waals surface area contributed by atoms with Crippen LogP contribution in [0.4, 0.5) is 0 Å². The second kappa shape index (κ2) is 4.27. The summed E-state index contributed by atoms with van der Waals surface area (Å²) in [5.74, 6) is 0. The number of aryl methyl sites for hydroxylation is 1. The van der Waals surface area contributed by atoms with Gasteiger partial charge in [0.1, 0.15) is 6.61 Å².